The van der Waals surface area contributed by atoms with Crippen LogP contribution in [0.2, 0.25) is 0 Å². The second-order valence-electron chi connectivity index (χ2n) is 15.2. The fraction of sp³-hybridized carbons (Fsp3) is 0.0370. The average molecular weight is 745 g/mol. The third kappa shape index (κ3) is 5.45. The van der Waals surface area contributed by atoms with Crippen LogP contribution in [0.1, 0.15) is 0 Å². The highest BCUT2D eigenvalue weighted by atomic mass is 15.1. The van der Waals surface area contributed by atoms with Crippen LogP contribution in [0.4, 0.5) is 22.7 Å². The van der Waals surface area contributed by atoms with E-state index < -0.39 is 0 Å². The Hall–Kier alpha value is -7.56. The normalized spacial score (nSPS) is 11.6. The number of aromatic nitrogens is 2. The van der Waals surface area contributed by atoms with E-state index in [1.54, 1.807) is 0 Å². The van der Waals surface area contributed by atoms with E-state index in [-0.39, 0.29) is 0 Å². The van der Waals surface area contributed by atoms with Gasteiger partial charge in [0.25, 0.3) is 0 Å². The summed E-state index contributed by atoms with van der Waals surface area (Å²) in [6.07, 6.45) is 0. The molecule has 0 saturated heterocycles. The first kappa shape index (κ1) is 33.8. The van der Waals surface area contributed by atoms with Gasteiger partial charge >= 0.3 is 0 Å². The molecule has 0 unspecified atom stereocenters. The molecule has 58 heavy (non-hydrogen) atoms. The zero-order valence-electron chi connectivity index (χ0n) is 32.4. The molecule has 4 nitrogen and oxygen atoms in total. The van der Waals surface area contributed by atoms with Crippen LogP contribution < -0.4 is 9.80 Å². The summed E-state index contributed by atoms with van der Waals surface area (Å²) in [5.41, 5.74) is 14.1. The minimum atomic E-state index is 1.14. The minimum Gasteiger partial charge on any atom is -0.345 e. The average Bonchev–Trinajstić information content (AvgIpc) is 3.81. The van der Waals surface area contributed by atoms with Gasteiger partial charge in [-0.1, -0.05) is 109 Å². The van der Waals surface area contributed by atoms with E-state index >= 15 is 0 Å². The molecule has 11 rings (SSSR count). The molecule has 0 aliphatic carbocycles. The summed E-state index contributed by atoms with van der Waals surface area (Å²) in [7, 11) is 4.27. The summed E-state index contributed by atoms with van der Waals surface area (Å²) < 4.78 is 4.81. The predicted molar refractivity (Wildman–Crippen MR) is 247 cm³/mol. The van der Waals surface area contributed by atoms with Crippen molar-refractivity contribution in [2.24, 2.45) is 0 Å². The first-order valence-electron chi connectivity index (χ1n) is 19.9. The van der Waals surface area contributed by atoms with Crippen LogP contribution in [-0.2, 0) is 0 Å². The maximum Gasteiger partial charge on any atom is 0.0547 e. The lowest BCUT2D eigenvalue weighted by Crippen LogP contribution is -2.10. The highest BCUT2D eigenvalue weighted by Crippen LogP contribution is 2.39. The molecule has 0 amide bonds. The Balaban J connectivity index is 0.988. The molecule has 4 heteroatoms. The van der Waals surface area contributed by atoms with Crippen molar-refractivity contribution in [1.29, 1.82) is 0 Å². The van der Waals surface area contributed by atoms with Gasteiger partial charge in [-0.05, 0) is 114 Å². The molecule has 0 atom stereocenters. The lowest BCUT2D eigenvalue weighted by Gasteiger charge is -2.22. The summed E-state index contributed by atoms with van der Waals surface area (Å²) in [5, 5.41) is 7.47. The molecule has 276 valence electrons. The van der Waals surface area contributed by atoms with Gasteiger partial charge in [-0.25, -0.2) is 0 Å². The number of para-hydroxylation sites is 3. The highest BCUT2D eigenvalue weighted by molar-refractivity contribution is 6.12. The largest absolute Gasteiger partial charge is 0.345 e. The van der Waals surface area contributed by atoms with Gasteiger partial charge in [0.1, 0.15) is 0 Å². The molecule has 2 heterocycles. The fourth-order valence-corrected chi connectivity index (χ4v) is 8.95. The van der Waals surface area contributed by atoms with Gasteiger partial charge in [0.15, 0.2) is 0 Å². The maximum atomic E-state index is 2.42. The second-order valence-corrected chi connectivity index (χ2v) is 15.2. The van der Waals surface area contributed by atoms with Gasteiger partial charge in [0.2, 0.25) is 0 Å². The topological polar surface area (TPSA) is 16.3 Å². The number of nitrogens with zero attached hydrogens (tertiary/aromatic N) is 4. The number of hydrogen-bond donors (Lipinski definition) is 0. The Labute approximate surface area is 337 Å². The quantitative estimate of drug-likeness (QED) is 0.162. The number of fused-ring (bicyclic) bond motifs is 7. The van der Waals surface area contributed by atoms with E-state index in [0.29, 0.717) is 0 Å². The van der Waals surface area contributed by atoms with Crippen molar-refractivity contribution in [2.45, 2.75) is 0 Å². The van der Waals surface area contributed by atoms with Gasteiger partial charge in [-0.2, -0.15) is 0 Å². The van der Waals surface area contributed by atoms with Crippen LogP contribution in [0.15, 0.2) is 206 Å². The third-order valence-corrected chi connectivity index (χ3v) is 11.9. The number of rotatable bonds is 7. The summed E-state index contributed by atoms with van der Waals surface area (Å²) >= 11 is 0. The Morgan fingerprint density at radius 1 is 0.310 bits per heavy atom. The van der Waals surface area contributed by atoms with Gasteiger partial charge in [-0.3, -0.25) is 0 Å². The van der Waals surface area contributed by atoms with E-state index in [2.05, 4.69) is 239 Å². The van der Waals surface area contributed by atoms with Crippen molar-refractivity contribution in [3.63, 3.8) is 0 Å². The molecule has 0 aliphatic rings. The second kappa shape index (κ2) is 13.6. The number of benzene rings is 9. The molecule has 0 saturated carbocycles. The van der Waals surface area contributed by atoms with Crippen molar-refractivity contribution in [2.75, 3.05) is 23.9 Å². The zero-order chi connectivity index (χ0) is 38.7. The van der Waals surface area contributed by atoms with Gasteiger partial charge in [-0.15, -0.1) is 0 Å². The number of anilines is 4. The predicted octanol–water partition coefficient (Wildman–Crippen LogP) is 14.2. The van der Waals surface area contributed by atoms with E-state index in [4.69, 9.17) is 0 Å². The molecular formula is C54H40N4. The first-order valence-corrected chi connectivity index (χ1v) is 19.9. The first-order chi connectivity index (χ1) is 28.6. The Morgan fingerprint density at radius 3 is 1.50 bits per heavy atom. The molecular weight excluding hydrogens is 705 g/mol. The van der Waals surface area contributed by atoms with Gasteiger partial charge < -0.3 is 18.9 Å². The van der Waals surface area contributed by atoms with Gasteiger partial charge in [0, 0.05) is 75.2 Å². The van der Waals surface area contributed by atoms with Crippen molar-refractivity contribution in [3.8, 4) is 22.5 Å². The van der Waals surface area contributed by atoms with Crippen LogP contribution >= 0.6 is 0 Å². The highest BCUT2D eigenvalue weighted by Gasteiger charge is 2.17. The van der Waals surface area contributed by atoms with Gasteiger partial charge in [0.05, 0.1) is 22.1 Å². The van der Waals surface area contributed by atoms with Crippen LogP contribution in [0, 0.1) is 0 Å². The third-order valence-electron chi connectivity index (χ3n) is 11.9. The lowest BCUT2D eigenvalue weighted by molar-refractivity contribution is 1.16. The van der Waals surface area contributed by atoms with E-state index in [1.165, 1.54) is 71.2 Å². The van der Waals surface area contributed by atoms with Crippen LogP contribution in [-0.4, -0.2) is 23.2 Å². The van der Waals surface area contributed by atoms with E-state index in [0.717, 1.165) is 28.4 Å². The molecule has 0 bridgehead atoms. The van der Waals surface area contributed by atoms with Crippen LogP contribution in [0.3, 0.4) is 0 Å². The smallest absolute Gasteiger partial charge is 0.0547 e. The molecule has 0 N–H and O–H groups in total. The van der Waals surface area contributed by atoms with Crippen molar-refractivity contribution in [1.82, 2.24) is 9.13 Å². The summed E-state index contributed by atoms with van der Waals surface area (Å²) in [5.74, 6) is 0. The summed E-state index contributed by atoms with van der Waals surface area (Å²) in [6.45, 7) is 0. The van der Waals surface area contributed by atoms with Crippen molar-refractivity contribution >= 4 is 77.1 Å². The molecule has 2 aromatic heterocycles. The maximum absolute atomic E-state index is 2.42. The monoisotopic (exact) mass is 744 g/mol. The molecule has 11 aromatic rings. The van der Waals surface area contributed by atoms with E-state index in [9.17, 15) is 0 Å². The Morgan fingerprint density at radius 2 is 0.793 bits per heavy atom. The van der Waals surface area contributed by atoms with Crippen LogP contribution in [0.25, 0.3) is 76.9 Å². The molecule has 9 aromatic carbocycles. The van der Waals surface area contributed by atoms with Crippen molar-refractivity contribution in [3.05, 3.63) is 206 Å². The van der Waals surface area contributed by atoms with E-state index in [1.807, 2.05) is 0 Å². The Bertz CT molecular complexity index is 3300. The SMILES string of the molecule is CN(c1ccccc1)c1ccc(-n2c3ccccc3c3cc(-c4ccc5c6ccccc6n(-c6ccc(N(C)c7cccc8ccccc78)cc6)c5c4)ccc32)cc1. The minimum absolute atomic E-state index is 1.14. The fourth-order valence-electron chi connectivity index (χ4n) is 8.95. The molecule has 0 aliphatic heterocycles. The lowest BCUT2D eigenvalue weighted by atomic mass is 10.0. The van der Waals surface area contributed by atoms with Crippen molar-refractivity contribution < 1.29 is 0 Å². The Kier molecular flexibility index (Phi) is 7.90. The summed E-state index contributed by atoms with van der Waals surface area (Å²) in [4.78, 5) is 4.50. The van der Waals surface area contributed by atoms with Crippen LogP contribution in [0.5, 0.6) is 0 Å². The zero-order valence-corrected chi connectivity index (χ0v) is 32.4. The molecule has 0 radical (unpaired) electrons. The standard InChI is InChI=1S/C54H40N4/c1-55(40-15-4-3-5-16-40)41-25-29-43(30-26-41)57-52-21-11-9-19-47(52)49-35-38(24-34-53(49)57)39-23-33-48-46-18-8-10-20-51(46)58(54(48)36-39)44-31-27-42(28-32-44)56(2)50-22-12-14-37-13-6-7-17-45(37)50/h3-36H,1-2H3. The molecule has 0 spiro atoms. The molecule has 0 fully saturated rings. The summed E-state index contributed by atoms with van der Waals surface area (Å²) in [6, 6.07) is 74.9. The number of hydrogen-bond acceptors (Lipinski definition) is 2.